The molecule has 0 aromatic carbocycles. The molecule has 2 atom stereocenters. The van der Waals surface area contributed by atoms with E-state index in [4.69, 9.17) is 0 Å². The summed E-state index contributed by atoms with van der Waals surface area (Å²) in [5.41, 5.74) is 0. The van der Waals surface area contributed by atoms with Crippen LogP contribution >= 0.6 is 11.3 Å². The van der Waals surface area contributed by atoms with Crippen molar-refractivity contribution in [2.45, 2.75) is 31.7 Å². The number of thiazole rings is 1. The molecule has 0 spiro atoms. The van der Waals surface area contributed by atoms with E-state index in [0.717, 1.165) is 0 Å². The van der Waals surface area contributed by atoms with Gasteiger partial charge in [0.05, 0.1) is 5.01 Å². The zero-order valence-electron chi connectivity index (χ0n) is 10.4. The fourth-order valence-corrected chi connectivity index (χ4v) is 3.31. The lowest BCUT2D eigenvalue weighted by molar-refractivity contribution is 0.250. The molecular formula is C12H21N3S. The molecule has 1 aromatic rings. The van der Waals surface area contributed by atoms with E-state index in [0.29, 0.717) is 12.0 Å². The maximum absolute atomic E-state index is 4.60. The number of aromatic nitrogens is 1. The Kier molecular flexibility index (Phi) is 3.95. The molecule has 0 radical (unpaired) electrons. The van der Waals surface area contributed by atoms with Crippen LogP contribution in [-0.4, -0.2) is 37.1 Å². The van der Waals surface area contributed by atoms with E-state index < -0.39 is 0 Å². The van der Waals surface area contributed by atoms with Crippen LogP contribution in [0.5, 0.6) is 0 Å². The topological polar surface area (TPSA) is 28.2 Å². The summed E-state index contributed by atoms with van der Waals surface area (Å²) in [6, 6.07) is 0.424. The maximum atomic E-state index is 4.60. The Labute approximate surface area is 102 Å². The second kappa shape index (κ2) is 5.25. The minimum atomic E-state index is 0.424. The van der Waals surface area contributed by atoms with Gasteiger partial charge in [-0.1, -0.05) is 0 Å². The average Bonchev–Trinajstić information content (AvgIpc) is 2.77. The van der Waals surface area contributed by atoms with Gasteiger partial charge in [-0.3, -0.25) is 0 Å². The first-order valence-corrected chi connectivity index (χ1v) is 6.83. The molecule has 1 aliphatic rings. The van der Waals surface area contributed by atoms with Gasteiger partial charge in [0.15, 0.2) is 0 Å². The second-order valence-corrected chi connectivity index (χ2v) is 5.81. The molecule has 16 heavy (non-hydrogen) atoms. The van der Waals surface area contributed by atoms with Crippen LogP contribution in [0.4, 0.5) is 0 Å². The molecule has 1 N–H and O–H groups in total. The molecule has 4 heteroatoms. The fourth-order valence-electron chi connectivity index (χ4n) is 2.20. The number of rotatable bonds is 3. The third kappa shape index (κ3) is 2.62. The van der Waals surface area contributed by atoms with Crippen LogP contribution in [0.25, 0.3) is 0 Å². The highest BCUT2D eigenvalue weighted by atomic mass is 32.1. The fraction of sp³-hybridized carbons (Fsp3) is 0.750. The Morgan fingerprint density at radius 3 is 3.12 bits per heavy atom. The highest BCUT2D eigenvalue weighted by Crippen LogP contribution is 2.31. The summed E-state index contributed by atoms with van der Waals surface area (Å²) in [6.45, 7) is 4.59. The SMILES string of the molecule is CNC(C)c1cnc(C2CCCN(C)C2)s1. The summed E-state index contributed by atoms with van der Waals surface area (Å²) in [5.74, 6) is 0.654. The lowest BCUT2D eigenvalue weighted by Crippen LogP contribution is -2.30. The Morgan fingerprint density at radius 2 is 2.44 bits per heavy atom. The van der Waals surface area contributed by atoms with Gasteiger partial charge in [-0.2, -0.15) is 0 Å². The van der Waals surface area contributed by atoms with Crippen molar-refractivity contribution in [3.63, 3.8) is 0 Å². The number of nitrogens with one attached hydrogen (secondary N) is 1. The molecular weight excluding hydrogens is 218 g/mol. The van der Waals surface area contributed by atoms with E-state index in [1.165, 1.54) is 35.8 Å². The van der Waals surface area contributed by atoms with Crippen LogP contribution in [-0.2, 0) is 0 Å². The summed E-state index contributed by atoms with van der Waals surface area (Å²) in [7, 11) is 4.20. The van der Waals surface area contributed by atoms with Gasteiger partial charge in [0.1, 0.15) is 0 Å². The molecule has 0 aliphatic carbocycles. The second-order valence-electron chi connectivity index (χ2n) is 4.71. The predicted octanol–water partition coefficient (Wildman–Crippen LogP) is 2.23. The van der Waals surface area contributed by atoms with Gasteiger partial charge in [0.2, 0.25) is 0 Å². The van der Waals surface area contributed by atoms with E-state index in [1.54, 1.807) is 0 Å². The van der Waals surface area contributed by atoms with Crippen molar-refractivity contribution in [1.29, 1.82) is 0 Å². The van der Waals surface area contributed by atoms with Crippen LogP contribution in [0.3, 0.4) is 0 Å². The summed E-state index contributed by atoms with van der Waals surface area (Å²) in [6.07, 6.45) is 4.64. The van der Waals surface area contributed by atoms with Crippen LogP contribution in [0.15, 0.2) is 6.20 Å². The van der Waals surface area contributed by atoms with Crippen molar-refractivity contribution in [3.8, 4) is 0 Å². The zero-order chi connectivity index (χ0) is 11.5. The van der Waals surface area contributed by atoms with E-state index in [9.17, 15) is 0 Å². The first kappa shape index (κ1) is 12.0. The molecule has 0 saturated carbocycles. The summed E-state index contributed by atoms with van der Waals surface area (Å²) in [4.78, 5) is 8.36. The smallest absolute Gasteiger partial charge is 0.0971 e. The molecule has 0 amide bonds. The Balaban J connectivity index is 2.06. The molecule has 3 nitrogen and oxygen atoms in total. The van der Waals surface area contributed by atoms with Gasteiger partial charge in [0, 0.05) is 29.6 Å². The van der Waals surface area contributed by atoms with Crippen LogP contribution in [0.1, 0.15) is 41.6 Å². The van der Waals surface area contributed by atoms with E-state index in [-0.39, 0.29) is 0 Å². The van der Waals surface area contributed by atoms with Gasteiger partial charge in [0.25, 0.3) is 0 Å². The maximum Gasteiger partial charge on any atom is 0.0971 e. The first-order chi connectivity index (χ1) is 7.70. The number of likely N-dealkylation sites (tertiary alicyclic amines) is 1. The minimum Gasteiger partial charge on any atom is -0.312 e. The lowest BCUT2D eigenvalue weighted by atomic mass is 9.99. The standard InChI is InChI=1S/C12H21N3S/c1-9(13-2)11-7-14-12(16-11)10-5-4-6-15(3)8-10/h7,9-10,13H,4-6,8H2,1-3H3. The quantitative estimate of drug-likeness (QED) is 0.877. The third-order valence-electron chi connectivity index (χ3n) is 3.37. The normalized spacial score (nSPS) is 24.6. The zero-order valence-corrected chi connectivity index (χ0v) is 11.2. The molecule has 0 bridgehead atoms. The van der Waals surface area contributed by atoms with Crippen molar-refractivity contribution in [2.24, 2.45) is 0 Å². The highest BCUT2D eigenvalue weighted by molar-refractivity contribution is 7.11. The van der Waals surface area contributed by atoms with Crippen molar-refractivity contribution in [2.75, 3.05) is 27.2 Å². The largest absolute Gasteiger partial charge is 0.312 e. The van der Waals surface area contributed by atoms with Gasteiger partial charge < -0.3 is 10.2 Å². The van der Waals surface area contributed by atoms with Crippen molar-refractivity contribution in [3.05, 3.63) is 16.1 Å². The van der Waals surface area contributed by atoms with E-state index in [1.807, 2.05) is 24.6 Å². The molecule has 2 rings (SSSR count). The van der Waals surface area contributed by atoms with Gasteiger partial charge >= 0.3 is 0 Å². The van der Waals surface area contributed by atoms with E-state index in [2.05, 4.69) is 29.2 Å². The van der Waals surface area contributed by atoms with Gasteiger partial charge in [-0.05, 0) is 40.4 Å². The number of hydrogen-bond donors (Lipinski definition) is 1. The predicted molar refractivity (Wildman–Crippen MR) is 69.1 cm³/mol. The first-order valence-electron chi connectivity index (χ1n) is 6.02. The molecule has 1 saturated heterocycles. The van der Waals surface area contributed by atoms with Crippen LogP contribution in [0, 0.1) is 0 Å². The van der Waals surface area contributed by atoms with Crippen molar-refractivity contribution < 1.29 is 0 Å². The van der Waals surface area contributed by atoms with Gasteiger partial charge in [-0.25, -0.2) is 4.98 Å². The minimum absolute atomic E-state index is 0.424. The van der Waals surface area contributed by atoms with Crippen LogP contribution in [0.2, 0.25) is 0 Å². The van der Waals surface area contributed by atoms with Crippen LogP contribution < -0.4 is 5.32 Å². The number of likely N-dealkylation sites (N-methyl/N-ethyl adjacent to an activating group) is 1. The van der Waals surface area contributed by atoms with Gasteiger partial charge in [-0.15, -0.1) is 11.3 Å². The number of hydrogen-bond acceptors (Lipinski definition) is 4. The molecule has 1 fully saturated rings. The highest BCUT2D eigenvalue weighted by Gasteiger charge is 2.22. The summed E-state index contributed by atoms with van der Waals surface area (Å²) < 4.78 is 0. The number of piperidine rings is 1. The molecule has 2 unspecified atom stereocenters. The third-order valence-corrected chi connectivity index (χ3v) is 4.72. The average molecular weight is 239 g/mol. The monoisotopic (exact) mass is 239 g/mol. The molecule has 2 heterocycles. The summed E-state index contributed by atoms with van der Waals surface area (Å²) >= 11 is 1.87. The Morgan fingerprint density at radius 1 is 1.62 bits per heavy atom. The molecule has 1 aromatic heterocycles. The Bertz CT molecular complexity index is 337. The molecule has 90 valence electrons. The Hall–Kier alpha value is -0.450. The van der Waals surface area contributed by atoms with E-state index >= 15 is 0 Å². The molecule has 1 aliphatic heterocycles. The number of nitrogens with zero attached hydrogens (tertiary/aromatic N) is 2. The summed E-state index contributed by atoms with van der Waals surface area (Å²) in [5, 5.41) is 4.59. The lowest BCUT2D eigenvalue weighted by Gasteiger charge is -2.28. The van der Waals surface area contributed by atoms with Crippen molar-refractivity contribution in [1.82, 2.24) is 15.2 Å². The van der Waals surface area contributed by atoms with Crippen molar-refractivity contribution >= 4 is 11.3 Å².